The van der Waals surface area contributed by atoms with Crippen LogP contribution in [0.3, 0.4) is 0 Å². The Bertz CT molecular complexity index is 711. The van der Waals surface area contributed by atoms with E-state index in [1.807, 2.05) is 25.1 Å². The standard InChI is InChI=1S/C22H31N3O3/c1-16(12-13-18-10-6-5-7-11-18)23-19(26)17(2)25-20(27)22(24-21(25)28)14-8-3-4-9-15-22/h5-7,10-11,16-17H,3-4,8-9,12-15H2,1-2H3,(H,23,26)(H,24,28)/t16-,17-/m1/s1. The maximum absolute atomic E-state index is 13.1. The number of rotatable bonds is 6. The van der Waals surface area contributed by atoms with Crippen molar-refractivity contribution in [3.8, 4) is 0 Å². The van der Waals surface area contributed by atoms with Crippen molar-refractivity contribution in [2.75, 3.05) is 0 Å². The molecule has 6 nitrogen and oxygen atoms in total. The zero-order valence-corrected chi connectivity index (χ0v) is 16.9. The molecule has 2 fully saturated rings. The van der Waals surface area contributed by atoms with Gasteiger partial charge in [0, 0.05) is 6.04 Å². The van der Waals surface area contributed by atoms with Crippen LogP contribution in [0.2, 0.25) is 0 Å². The summed E-state index contributed by atoms with van der Waals surface area (Å²) in [7, 11) is 0. The minimum atomic E-state index is -0.811. The molecule has 6 heteroatoms. The molecule has 2 atom stereocenters. The Morgan fingerprint density at radius 1 is 1.11 bits per heavy atom. The van der Waals surface area contributed by atoms with E-state index in [1.165, 1.54) is 5.56 Å². The lowest BCUT2D eigenvalue weighted by Gasteiger charge is -2.27. The summed E-state index contributed by atoms with van der Waals surface area (Å²) in [6, 6.07) is 8.83. The molecule has 2 aliphatic rings. The van der Waals surface area contributed by atoms with Crippen molar-refractivity contribution in [1.29, 1.82) is 0 Å². The second kappa shape index (κ2) is 8.76. The topological polar surface area (TPSA) is 78.5 Å². The highest BCUT2D eigenvalue weighted by Crippen LogP contribution is 2.33. The Morgan fingerprint density at radius 2 is 1.75 bits per heavy atom. The van der Waals surface area contributed by atoms with Crippen LogP contribution in [0.15, 0.2) is 30.3 Å². The molecule has 0 aromatic heterocycles. The van der Waals surface area contributed by atoms with Gasteiger partial charge in [0.2, 0.25) is 5.91 Å². The number of carbonyl (C=O) groups excluding carboxylic acids is 3. The third-order valence-corrected chi connectivity index (χ3v) is 6.01. The summed E-state index contributed by atoms with van der Waals surface area (Å²) in [6.45, 7) is 3.58. The number of amides is 4. The van der Waals surface area contributed by atoms with E-state index in [0.717, 1.165) is 43.4 Å². The van der Waals surface area contributed by atoms with Gasteiger partial charge in [0.25, 0.3) is 5.91 Å². The Balaban J connectivity index is 1.57. The summed E-state index contributed by atoms with van der Waals surface area (Å²) >= 11 is 0. The van der Waals surface area contributed by atoms with Gasteiger partial charge in [-0.1, -0.05) is 56.0 Å². The number of hydrogen-bond acceptors (Lipinski definition) is 3. The Hall–Kier alpha value is -2.37. The first kappa shape index (κ1) is 20.4. The smallest absolute Gasteiger partial charge is 0.325 e. The molecule has 1 spiro atoms. The monoisotopic (exact) mass is 385 g/mol. The lowest BCUT2D eigenvalue weighted by Crippen LogP contribution is -2.51. The molecule has 0 radical (unpaired) electrons. The highest BCUT2D eigenvalue weighted by molar-refractivity contribution is 6.09. The second-order valence-corrected chi connectivity index (χ2v) is 8.21. The molecule has 2 N–H and O–H groups in total. The average Bonchev–Trinajstić information content (AvgIpc) is 2.83. The summed E-state index contributed by atoms with van der Waals surface area (Å²) in [6.07, 6.45) is 7.01. The highest BCUT2D eigenvalue weighted by Gasteiger charge is 2.53. The number of imide groups is 1. The first-order valence-corrected chi connectivity index (χ1v) is 10.4. The fourth-order valence-corrected chi connectivity index (χ4v) is 4.24. The van der Waals surface area contributed by atoms with Gasteiger partial charge >= 0.3 is 6.03 Å². The predicted molar refractivity (Wildman–Crippen MR) is 108 cm³/mol. The van der Waals surface area contributed by atoms with Gasteiger partial charge in [0.15, 0.2) is 0 Å². The van der Waals surface area contributed by atoms with Crippen molar-refractivity contribution in [2.24, 2.45) is 0 Å². The fourth-order valence-electron chi connectivity index (χ4n) is 4.24. The maximum Gasteiger partial charge on any atom is 0.325 e. The second-order valence-electron chi connectivity index (χ2n) is 8.21. The lowest BCUT2D eigenvalue weighted by atomic mass is 9.90. The molecule has 1 saturated heterocycles. The minimum absolute atomic E-state index is 0.0391. The Morgan fingerprint density at radius 3 is 2.39 bits per heavy atom. The molecule has 4 amide bonds. The van der Waals surface area contributed by atoms with E-state index >= 15 is 0 Å². The maximum atomic E-state index is 13.1. The van der Waals surface area contributed by atoms with E-state index < -0.39 is 17.6 Å². The van der Waals surface area contributed by atoms with Crippen LogP contribution in [0.5, 0.6) is 0 Å². The van der Waals surface area contributed by atoms with Crippen LogP contribution in [0.4, 0.5) is 4.79 Å². The molecule has 0 unspecified atom stereocenters. The molecule has 1 heterocycles. The molecular formula is C22H31N3O3. The lowest BCUT2D eigenvalue weighted by molar-refractivity contribution is -0.138. The van der Waals surface area contributed by atoms with Gasteiger partial charge in [-0.3, -0.25) is 9.59 Å². The van der Waals surface area contributed by atoms with E-state index in [9.17, 15) is 14.4 Å². The number of benzene rings is 1. The van der Waals surface area contributed by atoms with Gasteiger partial charge in [-0.05, 0) is 45.1 Å². The first-order valence-electron chi connectivity index (χ1n) is 10.4. The van der Waals surface area contributed by atoms with Crippen LogP contribution >= 0.6 is 0 Å². The summed E-state index contributed by atoms with van der Waals surface area (Å²) < 4.78 is 0. The molecule has 3 rings (SSSR count). The molecule has 152 valence electrons. The van der Waals surface area contributed by atoms with Crippen molar-refractivity contribution in [2.45, 2.75) is 82.8 Å². The van der Waals surface area contributed by atoms with Gasteiger partial charge in [-0.2, -0.15) is 0 Å². The van der Waals surface area contributed by atoms with Crippen molar-refractivity contribution < 1.29 is 14.4 Å². The average molecular weight is 386 g/mol. The van der Waals surface area contributed by atoms with Crippen molar-refractivity contribution in [3.05, 3.63) is 35.9 Å². The van der Waals surface area contributed by atoms with Crippen molar-refractivity contribution in [3.63, 3.8) is 0 Å². The first-order chi connectivity index (χ1) is 13.4. The minimum Gasteiger partial charge on any atom is -0.352 e. The molecular weight excluding hydrogens is 354 g/mol. The van der Waals surface area contributed by atoms with Crippen LogP contribution in [-0.2, 0) is 16.0 Å². The Kier molecular flexibility index (Phi) is 6.37. The van der Waals surface area contributed by atoms with E-state index in [1.54, 1.807) is 6.92 Å². The molecule has 1 aromatic rings. The van der Waals surface area contributed by atoms with Gasteiger partial charge in [-0.25, -0.2) is 9.69 Å². The molecule has 0 bridgehead atoms. The van der Waals surface area contributed by atoms with Crippen LogP contribution < -0.4 is 10.6 Å². The third kappa shape index (κ3) is 4.37. The SMILES string of the molecule is C[C@H](CCc1ccccc1)NC(=O)[C@@H](C)N1C(=O)NC2(CCCCCC2)C1=O. The van der Waals surface area contributed by atoms with Crippen LogP contribution in [0.25, 0.3) is 0 Å². The van der Waals surface area contributed by atoms with Gasteiger partial charge in [0.05, 0.1) is 0 Å². The van der Waals surface area contributed by atoms with Crippen molar-refractivity contribution in [1.82, 2.24) is 15.5 Å². The number of nitrogens with zero attached hydrogens (tertiary/aromatic N) is 1. The quantitative estimate of drug-likeness (QED) is 0.739. The third-order valence-electron chi connectivity index (χ3n) is 6.01. The van der Waals surface area contributed by atoms with Gasteiger partial charge < -0.3 is 10.6 Å². The largest absolute Gasteiger partial charge is 0.352 e. The van der Waals surface area contributed by atoms with Gasteiger partial charge in [-0.15, -0.1) is 0 Å². The number of carbonyl (C=O) groups is 3. The van der Waals surface area contributed by atoms with E-state index in [-0.39, 0.29) is 17.9 Å². The molecule has 1 aromatic carbocycles. The summed E-state index contributed by atoms with van der Waals surface area (Å²) in [5.74, 6) is -0.520. The summed E-state index contributed by atoms with van der Waals surface area (Å²) in [5.41, 5.74) is 0.419. The van der Waals surface area contributed by atoms with E-state index in [0.29, 0.717) is 12.8 Å². The van der Waals surface area contributed by atoms with Crippen LogP contribution in [-0.4, -0.2) is 40.4 Å². The molecule has 1 aliphatic heterocycles. The molecule has 1 aliphatic carbocycles. The number of aryl methyl sites for hydroxylation is 1. The summed E-state index contributed by atoms with van der Waals surface area (Å²) in [4.78, 5) is 39.4. The summed E-state index contributed by atoms with van der Waals surface area (Å²) in [5, 5.41) is 5.86. The zero-order valence-electron chi connectivity index (χ0n) is 16.9. The van der Waals surface area contributed by atoms with E-state index in [2.05, 4.69) is 22.8 Å². The molecule has 1 saturated carbocycles. The van der Waals surface area contributed by atoms with Crippen molar-refractivity contribution >= 4 is 17.8 Å². The zero-order chi connectivity index (χ0) is 20.1. The molecule has 28 heavy (non-hydrogen) atoms. The predicted octanol–water partition coefficient (Wildman–Crippen LogP) is 3.16. The Labute approximate surface area is 167 Å². The van der Waals surface area contributed by atoms with Gasteiger partial charge in [0.1, 0.15) is 11.6 Å². The normalized spacial score (nSPS) is 21.1. The van der Waals surface area contributed by atoms with Crippen LogP contribution in [0.1, 0.15) is 64.4 Å². The number of urea groups is 1. The number of hydrogen-bond donors (Lipinski definition) is 2. The fraction of sp³-hybridized carbons (Fsp3) is 0.591. The van der Waals surface area contributed by atoms with E-state index in [4.69, 9.17) is 0 Å². The van der Waals surface area contributed by atoms with Crippen LogP contribution in [0, 0.1) is 0 Å². The highest BCUT2D eigenvalue weighted by atomic mass is 16.2. The number of nitrogens with one attached hydrogen (secondary N) is 2.